The van der Waals surface area contributed by atoms with E-state index in [9.17, 15) is 9.90 Å². The van der Waals surface area contributed by atoms with Crippen molar-refractivity contribution in [2.45, 2.75) is 58.8 Å². The van der Waals surface area contributed by atoms with Crippen molar-refractivity contribution < 1.29 is 9.90 Å². The molecule has 4 aliphatic rings. The first kappa shape index (κ1) is 16.4. The monoisotopic (exact) mass is 329 g/mol. The maximum atomic E-state index is 12.1. The van der Waals surface area contributed by atoms with E-state index < -0.39 is 0 Å². The summed E-state index contributed by atoms with van der Waals surface area (Å²) in [7, 11) is 0. The number of nitrogens with two attached hydrogens (primary N) is 1. The van der Waals surface area contributed by atoms with Crippen molar-refractivity contribution in [3.63, 3.8) is 0 Å². The van der Waals surface area contributed by atoms with Gasteiger partial charge in [0.05, 0.1) is 5.70 Å². The van der Waals surface area contributed by atoms with Crippen LogP contribution in [0.4, 0.5) is 0 Å². The van der Waals surface area contributed by atoms with Gasteiger partial charge < -0.3 is 10.8 Å². The Kier molecular flexibility index (Phi) is 3.72. The molecule has 2 saturated carbocycles. The van der Waals surface area contributed by atoms with E-state index in [-0.39, 0.29) is 11.2 Å². The lowest BCUT2D eigenvalue weighted by atomic mass is 9.48. The molecule has 0 aromatic carbocycles. The Balaban J connectivity index is 1.71. The average molecular weight is 329 g/mol. The van der Waals surface area contributed by atoms with Crippen LogP contribution in [0, 0.1) is 34.5 Å². The number of rotatable bonds is 2. The second-order valence-electron chi connectivity index (χ2n) is 9.15. The van der Waals surface area contributed by atoms with Crippen LogP contribution in [-0.2, 0) is 4.79 Å². The summed E-state index contributed by atoms with van der Waals surface area (Å²) in [4.78, 5) is 12.1. The third-order valence-electron chi connectivity index (χ3n) is 8.39. The number of ketones is 1. The van der Waals surface area contributed by atoms with Gasteiger partial charge in [-0.3, -0.25) is 4.79 Å². The van der Waals surface area contributed by atoms with E-state index in [2.05, 4.69) is 26.0 Å². The lowest BCUT2D eigenvalue weighted by Gasteiger charge is -2.56. The maximum Gasteiger partial charge on any atom is 0.178 e. The zero-order chi connectivity index (χ0) is 17.1. The summed E-state index contributed by atoms with van der Waals surface area (Å²) in [6, 6.07) is 0. The van der Waals surface area contributed by atoms with Crippen molar-refractivity contribution in [1.82, 2.24) is 0 Å². The van der Waals surface area contributed by atoms with E-state index in [1.165, 1.54) is 25.7 Å². The number of aliphatic hydroxyl groups is 1. The molecule has 132 valence electrons. The largest absolute Gasteiger partial charge is 0.396 e. The highest BCUT2D eigenvalue weighted by Gasteiger charge is 2.58. The molecule has 0 amide bonds. The third-order valence-corrected chi connectivity index (χ3v) is 8.39. The van der Waals surface area contributed by atoms with Crippen LogP contribution in [-0.4, -0.2) is 17.5 Å². The van der Waals surface area contributed by atoms with Crippen LogP contribution >= 0.6 is 0 Å². The van der Waals surface area contributed by atoms with Crippen LogP contribution in [0.5, 0.6) is 0 Å². The summed E-state index contributed by atoms with van der Waals surface area (Å²) in [6.45, 7) is 5.15. The van der Waals surface area contributed by atoms with E-state index in [4.69, 9.17) is 5.73 Å². The lowest BCUT2D eigenvalue weighted by Crippen LogP contribution is -2.49. The molecule has 6 atom stereocenters. The number of allylic oxidation sites excluding steroid dienone is 4. The molecule has 0 aromatic heterocycles. The summed E-state index contributed by atoms with van der Waals surface area (Å²) in [5, 5.41) is 9.45. The van der Waals surface area contributed by atoms with E-state index in [0.717, 1.165) is 24.3 Å². The van der Waals surface area contributed by atoms with Gasteiger partial charge in [-0.05, 0) is 78.6 Å². The van der Waals surface area contributed by atoms with Crippen molar-refractivity contribution in [3.8, 4) is 0 Å². The fourth-order valence-corrected chi connectivity index (χ4v) is 6.92. The number of aliphatic hydroxyl groups excluding tert-OH is 1. The van der Waals surface area contributed by atoms with Crippen LogP contribution < -0.4 is 5.73 Å². The van der Waals surface area contributed by atoms with Crippen molar-refractivity contribution in [2.24, 2.45) is 40.2 Å². The summed E-state index contributed by atoms with van der Waals surface area (Å²) in [5.41, 5.74) is 8.28. The number of fused-ring (bicyclic) bond motifs is 5. The molecule has 0 aromatic rings. The van der Waals surface area contributed by atoms with Gasteiger partial charge in [-0.2, -0.15) is 0 Å². The van der Waals surface area contributed by atoms with Crippen LogP contribution in [0.2, 0.25) is 0 Å². The summed E-state index contributed by atoms with van der Waals surface area (Å²) < 4.78 is 0. The molecule has 0 bridgehead atoms. The molecule has 3 heteroatoms. The Morgan fingerprint density at radius 2 is 2.00 bits per heavy atom. The number of Topliss-reactive ketones (excluding diaryl/α,β-unsaturated/α-hetero) is 1. The highest BCUT2D eigenvalue weighted by Crippen LogP contribution is 2.65. The SMILES string of the molecule is C[C@]12CC[C@H]3[C@@H](C=CC4=C(N)C(=O)CC[C@@]43C)[C@@H]1CC[C@@H]2CCO. The Labute approximate surface area is 145 Å². The highest BCUT2D eigenvalue weighted by molar-refractivity contribution is 5.97. The van der Waals surface area contributed by atoms with Gasteiger partial charge in [0.15, 0.2) is 5.78 Å². The summed E-state index contributed by atoms with van der Waals surface area (Å²) in [5.74, 6) is 2.76. The third kappa shape index (κ3) is 2.03. The van der Waals surface area contributed by atoms with Crippen LogP contribution in [0.25, 0.3) is 0 Å². The zero-order valence-corrected chi connectivity index (χ0v) is 15.1. The van der Waals surface area contributed by atoms with Gasteiger partial charge in [0.25, 0.3) is 0 Å². The number of carbonyl (C=O) groups excluding carboxylic acids is 1. The van der Waals surface area contributed by atoms with Gasteiger partial charge in [0, 0.05) is 13.0 Å². The molecular formula is C21H31NO2. The standard InChI is InChI=1S/C21H31NO2/c1-20-10-7-16-14(15(20)5-3-13(20)9-12-23)4-6-17-19(22)18(24)8-11-21(16,17)2/h4,6,13-16,23H,3,5,7-12,22H2,1-2H3/t13-,14+,15+,16+,20-,21-/m1/s1. The molecule has 0 radical (unpaired) electrons. The molecular weight excluding hydrogens is 298 g/mol. The van der Waals surface area contributed by atoms with Gasteiger partial charge >= 0.3 is 0 Å². The van der Waals surface area contributed by atoms with E-state index in [1.807, 2.05) is 0 Å². The van der Waals surface area contributed by atoms with E-state index in [1.54, 1.807) is 0 Å². The average Bonchev–Trinajstić information content (AvgIpc) is 2.89. The maximum absolute atomic E-state index is 12.1. The van der Waals surface area contributed by atoms with Crippen LogP contribution in [0.1, 0.15) is 58.8 Å². The van der Waals surface area contributed by atoms with Crippen molar-refractivity contribution in [3.05, 3.63) is 23.4 Å². The first-order chi connectivity index (χ1) is 11.4. The molecule has 0 unspecified atom stereocenters. The first-order valence-corrected chi connectivity index (χ1v) is 9.74. The Morgan fingerprint density at radius 1 is 1.21 bits per heavy atom. The topological polar surface area (TPSA) is 63.3 Å². The van der Waals surface area contributed by atoms with Crippen molar-refractivity contribution >= 4 is 5.78 Å². The van der Waals surface area contributed by atoms with Crippen LogP contribution in [0.3, 0.4) is 0 Å². The van der Waals surface area contributed by atoms with Crippen molar-refractivity contribution in [2.75, 3.05) is 6.61 Å². The molecule has 0 aliphatic heterocycles. The Morgan fingerprint density at radius 3 is 2.75 bits per heavy atom. The normalized spacial score (nSPS) is 47.4. The number of hydrogen-bond donors (Lipinski definition) is 2. The molecule has 3 N–H and O–H groups in total. The Bertz CT molecular complexity index is 621. The van der Waals surface area contributed by atoms with Gasteiger partial charge in [-0.1, -0.05) is 26.0 Å². The van der Waals surface area contributed by atoms with E-state index >= 15 is 0 Å². The summed E-state index contributed by atoms with van der Waals surface area (Å²) in [6.07, 6.45) is 12.1. The van der Waals surface area contributed by atoms with Crippen molar-refractivity contribution in [1.29, 1.82) is 0 Å². The fourth-order valence-electron chi connectivity index (χ4n) is 6.92. The number of hydrogen-bond acceptors (Lipinski definition) is 3. The molecule has 0 saturated heterocycles. The predicted molar refractivity (Wildman–Crippen MR) is 94.9 cm³/mol. The molecule has 3 nitrogen and oxygen atoms in total. The van der Waals surface area contributed by atoms with Gasteiger partial charge in [0.2, 0.25) is 0 Å². The number of carbonyl (C=O) groups is 1. The zero-order valence-electron chi connectivity index (χ0n) is 15.1. The molecule has 2 fully saturated rings. The van der Waals surface area contributed by atoms with Gasteiger partial charge in [0.1, 0.15) is 0 Å². The molecule has 0 heterocycles. The molecule has 24 heavy (non-hydrogen) atoms. The Hall–Kier alpha value is -1.09. The first-order valence-electron chi connectivity index (χ1n) is 9.74. The van der Waals surface area contributed by atoms with Crippen LogP contribution in [0.15, 0.2) is 23.4 Å². The smallest absolute Gasteiger partial charge is 0.178 e. The second kappa shape index (κ2) is 5.45. The molecule has 0 spiro atoms. The van der Waals surface area contributed by atoms with Gasteiger partial charge in [-0.15, -0.1) is 0 Å². The lowest BCUT2D eigenvalue weighted by molar-refractivity contribution is -0.117. The summed E-state index contributed by atoms with van der Waals surface area (Å²) >= 11 is 0. The van der Waals surface area contributed by atoms with E-state index in [0.29, 0.717) is 41.9 Å². The highest BCUT2D eigenvalue weighted by atomic mass is 16.3. The minimum atomic E-state index is 0.0772. The second-order valence-corrected chi connectivity index (χ2v) is 9.15. The molecule has 4 aliphatic carbocycles. The van der Waals surface area contributed by atoms with Gasteiger partial charge in [-0.25, -0.2) is 0 Å². The quantitative estimate of drug-likeness (QED) is 0.814. The fraction of sp³-hybridized carbons (Fsp3) is 0.762. The predicted octanol–water partition coefficient (Wildman–Crippen LogP) is 3.58. The molecule has 4 rings (SSSR count). The minimum Gasteiger partial charge on any atom is -0.396 e. The minimum absolute atomic E-state index is 0.0772.